The molecule has 0 aliphatic carbocycles. The fourth-order valence-electron chi connectivity index (χ4n) is 2.78. The molecule has 1 aliphatic rings. The van der Waals surface area contributed by atoms with Crippen molar-refractivity contribution in [1.82, 2.24) is 24.6 Å². The topological polar surface area (TPSA) is 54.3 Å². The maximum absolute atomic E-state index is 12.6. The third-order valence-corrected chi connectivity index (χ3v) is 4.68. The largest absolute Gasteiger partial charge is 0.340 e. The van der Waals surface area contributed by atoms with Crippen LogP contribution in [0.5, 0.6) is 0 Å². The molecule has 1 atom stereocenters. The van der Waals surface area contributed by atoms with Gasteiger partial charge in [-0.25, -0.2) is 4.98 Å². The molecular formula is C15H21N5OS. The van der Waals surface area contributed by atoms with Crippen LogP contribution in [0.15, 0.2) is 29.4 Å². The summed E-state index contributed by atoms with van der Waals surface area (Å²) in [5.41, 5.74) is 2.99. The lowest BCUT2D eigenvalue weighted by atomic mass is 10.2. The van der Waals surface area contributed by atoms with Crippen LogP contribution in [0.3, 0.4) is 0 Å². The van der Waals surface area contributed by atoms with Gasteiger partial charge in [-0.15, -0.1) is 11.3 Å². The molecule has 0 saturated carbocycles. The summed E-state index contributed by atoms with van der Waals surface area (Å²) in [4.78, 5) is 21.3. The molecule has 0 spiro atoms. The van der Waals surface area contributed by atoms with Crippen molar-refractivity contribution in [2.24, 2.45) is 0 Å². The van der Waals surface area contributed by atoms with E-state index in [-0.39, 0.29) is 11.9 Å². The molecule has 3 heterocycles. The Kier molecular flexibility index (Phi) is 4.84. The van der Waals surface area contributed by atoms with Crippen LogP contribution in [0.4, 0.5) is 0 Å². The quantitative estimate of drug-likeness (QED) is 0.859. The van der Waals surface area contributed by atoms with Crippen LogP contribution in [0.25, 0.3) is 0 Å². The van der Waals surface area contributed by atoms with Gasteiger partial charge in [-0.05, 0) is 19.4 Å². The third kappa shape index (κ3) is 3.53. The van der Waals surface area contributed by atoms with Crippen molar-refractivity contribution in [3.05, 3.63) is 35.0 Å². The summed E-state index contributed by atoms with van der Waals surface area (Å²) < 4.78 is 1.72. The molecule has 0 N–H and O–H groups in total. The Hall–Kier alpha value is -1.73. The molecule has 0 radical (unpaired) electrons. The van der Waals surface area contributed by atoms with Crippen LogP contribution in [0.1, 0.15) is 25.1 Å². The molecule has 0 unspecified atom stereocenters. The van der Waals surface area contributed by atoms with E-state index < -0.39 is 0 Å². The maximum atomic E-state index is 12.6. The van der Waals surface area contributed by atoms with E-state index in [0.717, 1.165) is 44.8 Å². The molecule has 22 heavy (non-hydrogen) atoms. The number of hydrogen-bond acceptors (Lipinski definition) is 5. The molecular weight excluding hydrogens is 298 g/mol. The molecule has 7 heteroatoms. The molecule has 2 aromatic rings. The van der Waals surface area contributed by atoms with Crippen molar-refractivity contribution in [1.29, 1.82) is 0 Å². The molecule has 1 amide bonds. The van der Waals surface area contributed by atoms with Gasteiger partial charge in [0.2, 0.25) is 5.91 Å². The van der Waals surface area contributed by atoms with Gasteiger partial charge >= 0.3 is 0 Å². The lowest BCUT2D eigenvalue weighted by molar-refractivity contribution is -0.134. The average molecular weight is 319 g/mol. The first-order valence-electron chi connectivity index (χ1n) is 7.61. The molecule has 1 fully saturated rings. The molecule has 0 bridgehead atoms. The van der Waals surface area contributed by atoms with Crippen LogP contribution in [-0.4, -0.2) is 56.7 Å². The minimum Gasteiger partial charge on any atom is -0.340 e. The molecule has 2 aromatic heterocycles. The zero-order chi connectivity index (χ0) is 15.4. The minimum atomic E-state index is -0.236. The fraction of sp³-hybridized carbons (Fsp3) is 0.533. The summed E-state index contributed by atoms with van der Waals surface area (Å²) in [6.45, 7) is 6.28. The van der Waals surface area contributed by atoms with Gasteiger partial charge < -0.3 is 4.90 Å². The number of aromatic nitrogens is 3. The number of rotatable bonds is 4. The molecule has 0 aromatic carbocycles. The summed E-state index contributed by atoms with van der Waals surface area (Å²) >= 11 is 1.63. The zero-order valence-electron chi connectivity index (χ0n) is 12.8. The molecule has 118 valence electrons. The minimum absolute atomic E-state index is 0.152. The lowest BCUT2D eigenvalue weighted by Gasteiger charge is -2.24. The maximum Gasteiger partial charge on any atom is 0.247 e. The first-order valence-corrected chi connectivity index (χ1v) is 8.55. The van der Waals surface area contributed by atoms with Gasteiger partial charge in [-0.1, -0.05) is 0 Å². The second kappa shape index (κ2) is 7.02. The van der Waals surface area contributed by atoms with E-state index in [9.17, 15) is 4.79 Å². The van der Waals surface area contributed by atoms with Crippen molar-refractivity contribution in [3.63, 3.8) is 0 Å². The zero-order valence-corrected chi connectivity index (χ0v) is 13.6. The second-order valence-corrected chi connectivity index (χ2v) is 6.32. The van der Waals surface area contributed by atoms with Gasteiger partial charge in [0.15, 0.2) is 0 Å². The van der Waals surface area contributed by atoms with E-state index in [1.807, 2.05) is 29.6 Å². The van der Waals surface area contributed by atoms with Gasteiger partial charge in [0.05, 0.1) is 11.2 Å². The number of amides is 1. The highest BCUT2D eigenvalue weighted by atomic mass is 32.1. The van der Waals surface area contributed by atoms with Gasteiger partial charge in [0.25, 0.3) is 0 Å². The van der Waals surface area contributed by atoms with E-state index in [2.05, 4.69) is 20.4 Å². The van der Waals surface area contributed by atoms with Crippen molar-refractivity contribution < 1.29 is 4.79 Å². The molecule has 1 aliphatic heterocycles. The highest BCUT2D eigenvalue weighted by Crippen LogP contribution is 2.13. The van der Waals surface area contributed by atoms with Crippen LogP contribution < -0.4 is 0 Å². The monoisotopic (exact) mass is 319 g/mol. The van der Waals surface area contributed by atoms with Crippen LogP contribution in [-0.2, 0) is 11.3 Å². The molecule has 3 rings (SSSR count). The Morgan fingerprint density at radius 3 is 3.00 bits per heavy atom. The standard InChI is InChI=1S/C15H21N5OS/c1-13(20-7-2-4-17-20)15(21)19-6-3-5-18(8-9-19)10-14-11-22-12-16-14/h2,4,7,11-13H,3,5-6,8-10H2,1H3/t13-/m1/s1. The summed E-state index contributed by atoms with van der Waals surface area (Å²) in [6, 6.07) is 1.61. The second-order valence-electron chi connectivity index (χ2n) is 5.60. The highest BCUT2D eigenvalue weighted by molar-refractivity contribution is 7.07. The Morgan fingerprint density at radius 1 is 1.36 bits per heavy atom. The van der Waals surface area contributed by atoms with Gasteiger partial charge in [-0.3, -0.25) is 14.4 Å². The van der Waals surface area contributed by atoms with Crippen LogP contribution >= 0.6 is 11.3 Å². The van der Waals surface area contributed by atoms with Crippen LogP contribution in [0.2, 0.25) is 0 Å². The van der Waals surface area contributed by atoms with Crippen molar-refractivity contribution in [3.8, 4) is 0 Å². The van der Waals surface area contributed by atoms with Crippen molar-refractivity contribution in [2.45, 2.75) is 25.9 Å². The van der Waals surface area contributed by atoms with E-state index in [0.29, 0.717) is 0 Å². The number of thiazole rings is 1. The van der Waals surface area contributed by atoms with Crippen LogP contribution in [0, 0.1) is 0 Å². The first kappa shape index (κ1) is 15.2. The molecule has 1 saturated heterocycles. The van der Waals surface area contributed by atoms with Crippen molar-refractivity contribution in [2.75, 3.05) is 26.2 Å². The summed E-state index contributed by atoms with van der Waals surface area (Å²) in [6.07, 6.45) is 4.55. The Labute approximate surface area is 134 Å². The Balaban J connectivity index is 1.56. The number of carbonyl (C=O) groups excluding carboxylic acids is 1. The van der Waals surface area contributed by atoms with E-state index in [4.69, 9.17) is 0 Å². The SMILES string of the molecule is C[C@H](C(=O)N1CCCN(Cc2cscn2)CC1)n1cccn1. The average Bonchev–Trinajstić information content (AvgIpc) is 3.18. The normalized spacial score (nSPS) is 18.1. The highest BCUT2D eigenvalue weighted by Gasteiger charge is 2.24. The first-order chi connectivity index (χ1) is 10.7. The van der Waals surface area contributed by atoms with Crippen molar-refractivity contribution >= 4 is 17.2 Å². The Morgan fingerprint density at radius 2 is 2.27 bits per heavy atom. The smallest absolute Gasteiger partial charge is 0.247 e. The number of carbonyl (C=O) groups is 1. The summed E-state index contributed by atoms with van der Waals surface area (Å²) in [5.74, 6) is 0.152. The predicted molar refractivity (Wildman–Crippen MR) is 85.5 cm³/mol. The lowest BCUT2D eigenvalue weighted by Crippen LogP contribution is -2.39. The van der Waals surface area contributed by atoms with E-state index in [1.165, 1.54) is 0 Å². The van der Waals surface area contributed by atoms with E-state index in [1.54, 1.807) is 22.2 Å². The number of hydrogen-bond donors (Lipinski definition) is 0. The number of nitrogens with zero attached hydrogens (tertiary/aromatic N) is 5. The third-order valence-electron chi connectivity index (χ3n) is 4.05. The fourth-order valence-corrected chi connectivity index (χ4v) is 3.33. The summed E-state index contributed by atoms with van der Waals surface area (Å²) in [7, 11) is 0. The van der Waals surface area contributed by atoms with Gasteiger partial charge in [-0.2, -0.15) is 5.10 Å². The van der Waals surface area contributed by atoms with Gasteiger partial charge in [0, 0.05) is 50.5 Å². The summed E-state index contributed by atoms with van der Waals surface area (Å²) in [5, 5.41) is 6.26. The molecule has 6 nitrogen and oxygen atoms in total. The van der Waals surface area contributed by atoms with Gasteiger partial charge in [0.1, 0.15) is 6.04 Å². The predicted octanol–water partition coefficient (Wildman–Crippen LogP) is 1.64. The Bertz CT molecular complexity index is 583. The van der Waals surface area contributed by atoms with E-state index >= 15 is 0 Å².